The van der Waals surface area contributed by atoms with Gasteiger partial charge in [0.25, 0.3) is 0 Å². The first-order valence-electron chi connectivity index (χ1n) is 7.71. The molecule has 2 unspecified atom stereocenters. The second-order valence-electron chi connectivity index (χ2n) is 6.19. The van der Waals surface area contributed by atoms with Crippen LogP contribution >= 0.6 is 0 Å². The fourth-order valence-corrected chi connectivity index (χ4v) is 3.70. The molecule has 2 nitrogen and oxygen atoms in total. The summed E-state index contributed by atoms with van der Waals surface area (Å²) in [6, 6.07) is 1.54. The Morgan fingerprint density at radius 2 is 1.94 bits per heavy atom. The molecule has 17 heavy (non-hydrogen) atoms. The van der Waals surface area contributed by atoms with Crippen molar-refractivity contribution in [1.82, 2.24) is 10.2 Å². The minimum Gasteiger partial charge on any atom is -0.317 e. The Balaban J connectivity index is 1.62. The van der Waals surface area contributed by atoms with Crippen LogP contribution in [0, 0.1) is 5.92 Å². The summed E-state index contributed by atoms with van der Waals surface area (Å²) in [5.41, 5.74) is 0. The monoisotopic (exact) mass is 238 g/mol. The van der Waals surface area contributed by atoms with E-state index in [1.165, 1.54) is 64.5 Å². The summed E-state index contributed by atoms with van der Waals surface area (Å²) in [4.78, 5) is 2.71. The molecule has 2 atom stereocenters. The van der Waals surface area contributed by atoms with Gasteiger partial charge < -0.3 is 10.2 Å². The van der Waals surface area contributed by atoms with Gasteiger partial charge in [-0.05, 0) is 58.7 Å². The molecule has 1 aliphatic heterocycles. The van der Waals surface area contributed by atoms with Gasteiger partial charge in [-0.2, -0.15) is 0 Å². The molecule has 100 valence electrons. The van der Waals surface area contributed by atoms with Crippen LogP contribution in [-0.2, 0) is 0 Å². The Hall–Kier alpha value is -0.0800. The molecule has 0 spiro atoms. The molecular formula is C15H30N2. The topological polar surface area (TPSA) is 15.3 Å². The average molecular weight is 238 g/mol. The summed E-state index contributed by atoms with van der Waals surface area (Å²) in [6.07, 6.45) is 11.6. The minimum atomic E-state index is 0.760. The number of rotatable bonds is 5. The molecule has 0 radical (unpaired) electrons. The van der Waals surface area contributed by atoms with Crippen molar-refractivity contribution in [1.29, 1.82) is 0 Å². The summed E-state index contributed by atoms with van der Waals surface area (Å²) in [7, 11) is 2.10. The van der Waals surface area contributed by atoms with E-state index in [0.29, 0.717) is 0 Å². The maximum absolute atomic E-state index is 3.43. The highest BCUT2D eigenvalue weighted by atomic mass is 15.2. The van der Waals surface area contributed by atoms with E-state index in [0.717, 1.165) is 18.0 Å². The lowest BCUT2D eigenvalue weighted by Crippen LogP contribution is -2.46. The number of hydrogen-bond donors (Lipinski definition) is 1. The van der Waals surface area contributed by atoms with Crippen LogP contribution in [0.2, 0.25) is 0 Å². The van der Waals surface area contributed by atoms with Crippen molar-refractivity contribution in [3.8, 4) is 0 Å². The van der Waals surface area contributed by atoms with Crippen molar-refractivity contribution in [2.45, 2.75) is 70.4 Å². The minimum absolute atomic E-state index is 0.760. The lowest BCUT2D eigenvalue weighted by atomic mass is 9.97. The maximum Gasteiger partial charge on any atom is 0.00910 e. The number of nitrogens with zero attached hydrogens (tertiary/aromatic N) is 1. The van der Waals surface area contributed by atoms with E-state index in [1.54, 1.807) is 0 Å². The Morgan fingerprint density at radius 3 is 2.59 bits per heavy atom. The molecule has 1 heterocycles. The molecule has 0 bridgehead atoms. The van der Waals surface area contributed by atoms with Crippen molar-refractivity contribution in [2.24, 2.45) is 5.92 Å². The predicted octanol–water partition coefficient (Wildman–Crippen LogP) is 3.03. The van der Waals surface area contributed by atoms with Crippen molar-refractivity contribution in [2.75, 3.05) is 20.1 Å². The molecule has 1 aliphatic carbocycles. The van der Waals surface area contributed by atoms with Gasteiger partial charge in [-0.1, -0.05) is 25.7 Å². The van der Waals surface area contributed by atoms with Crippen LogP contribution in [0.5, 0.6) is 0 Å². The zero-order valence-corrected chi connectivity index (χ0v) is 11.8. The SMILES string of the molecule is CNC1CCN(CCCC2CCCC2)C(C)C1. The van der Waals surface area contributed by atoms with Crippen LogP contribution in [0.25, 0.3) is 0 Å². The number of nitrogens with one attached hydrogen (secondary N) is 1. The fraction of sp³-hybridized carbons (Fsp3) is 1.00. The Kier molecular flexibility index (Phi) is 5.30. The predicted molar refractivity (Wildman–Crippen MR) is 74.3 cm³/mol. The standard InChI is InChI=1S/C15H30N2/c1-13-12-15(16-2)9-11-17(13)10-5-8-14-6-3-4-7-14/h13-16H,3-12H2,1-2H3. The quantitative estimate of drug-likeness (QED) is 0.792. The van der Waals surface area contributed by atoms with Crippen LogP contribution < -0.4 is 5.32 Å². The normalized spacial score (nSPS) is 32.1. The van der Waals surface area contributed by atoms with E-state index in [4.69, 9.17) is 0 Å². The van der Waals surface area contributed by atoms with Crippen LogP contribution in [0.4, 0.5) is 0 Å². The van der Waals surface area contributed by atoms with E-state index in [1.807, 2.05) is 0 Å². The second-order valence-corrected chi connectivity index (χ2v) is 6.19. The molecule has 2 heteroatoms. The largest absolute Gasteiger partial charge is 0.317 e. The third kappa shape index (κ3) is 3.96. The first-order valence-corrected chi connectivity index (χ1v) is 7.71. The summed E-state index contributed by atoms with van der Waals surface area (Å²) in [5.74, 6) is 1.07. The van der Waals surface area contributed by atoms with E-state index in [2.05, 4.69) is 24.2 Å². The van der Waals surface area contributed by atoms with E-state index < -0.39 is 0 Å². The van der Waals surface area contributed by atoms with Gasteiger partial charge in [-0.3, -0.25) is 0 Å². The van der Waals surface area contributed by atoms with E-state index in [9.17, 15) is 0 Å². The first-order chi connectivity index (χ1) is 8.29. The van der Waals surface area contributed by atoms with Gasteiger partial charge in [0.2, 0.25) is 0 Å². The van der Waals surface area contributed by atoms with Crippen molar-refractivity contribution in [3.63, 3.8) is 0 Å². The van der Waals surface area contributed by atoms with Gasteiger partial charge in [0.1, 0.15) is 0 Å². The molecule has 2 aliphatic rings. The van der Waals surface area contributed by atoms with Crippen LogP contribution in [0.1, 0.15) is 58.3 Å². The highest BCUT2D eigenvalue weighted by molar-refractivity contribution is 4.82. The number of piperidine rings is 1. The molecule has 1 saturated carbocycles. The highest BCUT2D eigenvalue weighted by Gasteiger charge is 2.24. The summed E-state index contributed by atoms with van der Waals surface area (Å²) in [6.45, 7) is 5.05. The maximum atomic E-state index is 3.43. The molecule has 1 N–H and O–H groups in total. The molecule has 0 aromatic rings. The summed E-state index contributed by atoms with van der Waals surface area (Å²) >= 11 is 0. The zero-order chi connectivity index (χ0) is 12.1. The molecule has 1 saturated heterocycles. The van der Waals surface area contributed by atoms with Crippen LogP contribution in [0.3, 0.4) is 0 Å². The Bertz CT molecular complexity index is 211. The summed E-state index contributed by atoms with van der Waals surface area (Å²) < 4.78 is 0. The van der Waals surface area contributed by atoms with Crippen LogP contribution in [0.15, 0.2) is 0 Å². The van der Waals surface area contributed by atoms with Gasteiger partial charge in [0.15, 0.2) is 0 Å². The molecule has 0 amide bonds. The van der Waals surface area contributed by atoms with Gasteiger partial charge in [-0.15, -0.1) is 0 Å². The summed E-state index contributed by atoms with van der Waals surface area (Å²) in [5, 5.41) is 3.43. The molecule has 2 fully saturated rings. The van der Waals surface area contributed by atoms with Gasteiger partial charge in [-0.25, -0.2) is 0 Å². The lowest BCUT2D eigenvalue weighted by molar-refractivity contribution is 0.134. The third-order valence-corrected chi connectivity index (χ3v) is 4.95. The van der Waals surface area contributed by atoms with Gasteiger partial charge in [0.05, 0.1) is 0 Å². The smallest absolute Gasteiger partial charge is 0.00910 e. The van der Waals surface area contributed by atoms with Crippen molar-refractivity contribution < 1.29 is 0 Å². The number of hydrogen-bond acceptors (Lipinski definition) is 2. The van der Waals surface area contributed by atoms with Crippen LogP contribution in [-0.4, -0.2) is 37.1 Å². The van der Waals surface area contributed by atoms with Gasteiger partial charge >= 0.3 is 0 Å². The zero-order valence-electron chi connectivity index (χ0n) is 11.8. The van der Waals surface area contributed by atoms with Crippen molar-refractivity contribution in [3.05, 3.63) is 0 Å². The third-order valence-electron chi connectivity index (χ3n) is 4.95. The Labute approximate surface area is 107 Å². The molecular weight excluding hydrogens is 208 g/mol. The average Bonchev–Trinajstić information content (AvgIpc) is 2.84. The Morgan fingerprint density at radius 1 is 1.18 bits per heavy atom. The second kappa shape index (κ2) is 6.75. The van der Waals surface area contributed by atoms with E-state index >= 15 is 0 Å². The van der Waals surface area contributed by atoms with E-state index in [-0.39, 0.29) is 0 Å². The molecule has 0 aromatic heterocycles. The molecule has 2 rings (SSSR count). The van der Waals surface area contributed by atoms with Gasteiger partial charge in [0, 0.05) is 12.1 Å². The molecule has 0 aromatic carbocycles. The highest BCUT2D eigenvalue weighted by Crippen LogP contribution is 2.29. The fourth-order valence-electron chi connectivity index (χ4n) is 3.70. The lowest BCUT2D eigenvalue weighted by Gasteiger charge is -2.37. The van der Waals surface area contributed by atoms with Crippen molar-refractivity contribution >= 4 is 0 Å². The first kappa shape index (κ1) is 13.4. The number of likely N-dealkylation sites (tertiary alicyclic amines) is 1.